The van der Waals surface area contributed by atoms with E-state index in [0.717, 1.165) is 32.4 Å². The van der Waals surface area contributed by atoms with E-state index >= 15 is 0 Å². The predicted molar refractivity (Wildman–Crippen MR) is 82.9 cm³/mol. The maximum absolute atomic E-state index is 11.6. The van der Waals surface area contributed by atoms with Gasteiger partial charge in [-0.1, -0.05) is 20.3 Å². The van der Waals surface area contributed by atoms with Gasteiger partial charge in [-0.3, -0.25) is 9.69 Å². The van der Waals surface area contributed by atoms with Gasteiger partial charge in [-0.15, -0.1) is 0 Å². The fourth-order valence-corrected chi connectivity index (χ4v) is 3.76. The molecule has 1 N–H and O–H groups in total. The first-order chi connectivity index (χ1) is 9.40. The first-order valence-electron chi connectivity index (χ1n) is 8.03. The van der Waals surface area contributed by atoms with E-state index in [9.17, 15) is 9.90 Å². The zero-order valence-corrected chi connectivity index (χ0v) is 13.8. The molecule has 0 spiro atoms. The van der Waals surface area contributed by atoms with Crippen molar-refractivity contribution in [1.29, 1.82) is 0 Å². The van der Waals surface area contributed by atoms with Crippen LogP contribution in [0.25, 0.3) is 0 Å². The molecule has 0 amide bonds. The molecular formula is C16H32N2O2. The third-order valence-corrected chi connectivity index (χ3v) is 4.81. The monoisotopic (exact) mass is 284 g/mol. The van der Waals surface area contributed by atoms with Crippen molar-refractivity contribution in [1.82, 2.24) is 9.80 Å². The molecule has 0 aliphatic heterocycles. The SMILES string of the molecule is CCC1CCC(C(=O)O)C(N(CC)C(C)CN(C)C)C1. The number of hydrogen-bond donors (Lipinski definition) is 1. The minimum Gasteiger partial charge on any atom is -0.481 e. The summed E-state index contributed by atoms with van der Waals surface area (Å²) in [5.74, 6) is -0.112. The first kappa shape index (κ1) is 17.4. The molecule has 20 heavy (non-hydrogen) atoms. The van der Waals surface area contributed by atoms with Crippen molar-refractivity contribution in [3.63, 3.8) is 0 Å². The van der Waals surface area contributed by atoms with E-state index in [1.165, 1.54) is 6.42 Å². The average Bonchev–Trinajstić information content (AvgIpc) is 2.38. The Kier molecular flexibility index (Phi) is 6.96. The van der Waals surface area contributed by atoms with Crippen LogP contribution in [0.2, 0.25) is 0 Å². The summed E-state index contributed by atoms with van der Waals surface area (Å²) in [5.41, 5.74) is 0. The van der Waals surface area contributed by atoms with Crippen molar-refractivity contribution in [3.05, 3.63) is 0 Å². The van der Waals surface area contributed by atoms with Crippen LogP contribution in [0.4, 0.5) is 0 Å². The van der Waals surface area contributed by atoms with Crippen LogP contribution < -0.4 is 0 Å². The van der Waals surface area contributed by atoms with E-state index in [-0.39, 0.29) is 12.0 Å². The van der Waals surface area contributed by atoms with Gasteiger partial charge in [-0.2, -0.15) is 0 Å². The number of likely N-dealkylation sites (N-methyl/N-ethyl adjacent to an activating group) is 2. The van der Waals surface area contributed by atoms with Gasteiger partial charge in [-0.25, -0.2) is 0 Å². The van der Waals surface area contributed by atoms with Gasteiger partial charge in [0.2, 0.25) is 0 Å². The Balaban J connectivity index is 2.85. The molecule has 0 bridgehead atoms. The Labute approximate surface area is 124 Å². The summed E-state index contributed by atoms with van der Waals surface area (Å²) in [7, 11) is 4.16. The summed E-state index contributed by atoms with van der Waals surface area (Å²) >= 11 is 0. The molecule has 1 fully saturated rings. The van der Waals surface area contributed by atoms with Crippen molar-refractivity contribution in [2.24, 2.45) is 11.8 Å². The molecule has 4 heteroatoms. The summed E-state index contributed by atoms with van der Waals surface area (Å²) in [5, 5.41) is 9.54. The number of nitrogens with zero attached hydrogens (tertiary/aromatic N) is 2. The van der Waals surface area contributed by atoms with Crippen LogP contribution in [0.15, 0.2) is 0 Å². The van der Waals surface area contributed by atoms with E-state index in [0.29, 0.717) is 12.0 Å². The van der Waals surface area contributed by atoms with Gasteiger partial charge in [0.05, 0.1) is 5.92 Å². The molecule has 1 aliphatic rings. The highest BCUT2D eigenvalue weighted by Crippen LogP contribution is 2.35. The smallest absolute Gasteiger partial charge is 0.308 e. The van der Waals surface area contributed by atoms with E-state index < -0.39 is 5.97 Å². The molecule has 0 aromatic heterocycles. The van der Waals surface area contributed by atoms with Gasteiger partial charge in [0, 0.05) is 18.6 Å². The zero-order chi connectivity index (χ0) is 15.3. The van der Waals surface area contributed by atoms with Crippen LogP contribution in [0, 0.1) is 11.8 Å². The summed E-state index contributed by atoms with van der Waals surface area (Å²) in [4.78, 5) is 16.2. The molecule has 1 saturated carbocycles. The second kappa shape index (κ2) is 7.99. The number of carbonyl (C=O) groups is 1. The Morgan fingerprint density at radius 2 is 1.95 bits per heavy atom. The largest absolute Gasteiger partial charge is 0.481 e. The van der Waals surface area contributed by atoms with E-state index in [4.69, 9.17) is 0 Å². The highest BCUT2D eigenvalue weighted by atomic mass is 16.4. The number of hydrogen-bond acceptors (Lipinski definition) is 3. The highest BCUT2D eigenvalue weighted by molar-refractivity contribution is 5.71. The third kappa shape index (κ3) is 4.45. The second-order valence-electron chi connectivity index (χ2n) is 6.54. The number of rotatable bonds is 7. The first-order valence-corrected chi connectivity index (χ1v) is 8.03. The summed E-state index contributed by atoms with van der Waals surface area (Å²) < 4.78 is 0. The molecule has 4 unspecified atom stereocenters. The fraction of sp³-hybridized carbons (Fsp3) is 0.938. The van der Waals surface area contributed by atoms with E-state index in [1.807, 2.05) is 0 Å². The third-order valence-electron chi connectivity index (χ3n) is 4.81. The maximum Gasteiger partial charge on any atom is 0.308 e. The van der Waals surface area contributed by atoms with Crippen molar-refractivity contribution in [2.45, 2.75) is 58.5 Å². The Hall–Kier alpha value is -0.610. The van der Waals surface area contributed by atoms with Gasteiger partial charge >= 0.3 is 5.97 Å². The normalized spacial score (nSPS) is 28.9. The number of carboxylic acid groups (broad SMARTS) is 1. The van der Waals surface area contributed by atoms with Gasteiger partial charge in [0.15, 0.2) is 0 Å². The van der Waals surface area contributed by atoms with Crippen molar-refractivity contribution < 1.29 is 9.90 Å². The van der Waals surface area contributed by atoms with Crippen LogP contribution in [0.1, 0.15) is 46.5 Å². The van der Waals surface area contributed by atoms with Crippen molar-refractivity contribution >= 4 is 5.97 Å². The summed E-state index contributed by atoms with van der Waals surface area (Å²) in [6.45, 7) is 8.51. The molecule has 4 atom stereocenters. The Bertz CT molecular complexity index is 307. The van der Waals surface area contributed by atoms with Gasteiger partial charge < -0.3 is 10.0 Å². The molecule has 1 rings (SSSR count). The standard InChI is InChI=1S/C16H32N2O2/c1-6-13-8-9-14(16(19)20)15(10-13)18(7-2)12(3)11-17(4)5/h12-15H,6-11H2,1-5H3,(H,19,20). The summed E-state index contributed by atoms with van der Waals surface area (Å²) in [6.07, 6.45) is 4.12. The van der Waals surface area contributed by atoms with Gasteiger partial charge in [0.25, 0.3) is 0 Å². The molecule has 118 valence electrons. The van der Waals surface area contributed by atoms with E-state index in [1.54, 1.807) is 0 Å². The molecule has 0 saturated heterocycles. The maximum atomic E-state index is 11.6. The Morgan fingerprint density at radius 1 is 1.30 bits per heavy atom. The molecule has 0 heterocycles. The molecule has 4 nitrogen and oxygen atoms in total. The van der Waals surface area contributed by atoms with Crippen LogP contribution in [0.5, 0.6) is 0 Å². The van der Waals surface area contributed by atoms with Crippen LogP contribution in [-0.4, -0.2) is 60.1 Å². The fourth-order valence-electron chi connectivity index (χ4n) is 3.76. The molecule has 0 aromatic carbocycles. The minimum atomic E-state index is -0.611. The van der Waals surface area contributed by atoms with Crippen LogP contribution >= 0.6 is 0 Å². The quantitative estimate of drug-likeness (QED) is 0.780. The predicted octanol–water partition coefficient (Wildman–Crippen LogP) is 2.54. The zero-order valence-electron chi connectivity index (χ0n) is 13.8. The molecule has 0 radical (unpaired) electrons. The van der Waals surface area contributed by atoms with Crippen LogP contribution in [0.3, 0.4) is 0 Å². The van der Waals surface area contributed by atoms with Crippen molar-refractivity contribution in [3.8, 4) is 0 Å². The molecular weight excluding hydrogens is 252 g/mol. The summed E-state index contributed by atoms with van der Waals surface area (Å²) in [6, 6.07) is 0.601. The lowest BCUT2D eigenvalue weighted by atomic mass is 9.76. The average molecular weight is 284 g/mol. The molecule has 1 aliphatic carbocycles. The Morgan fingerprint density at radius 3 is 2.40 bits per heavy atom. The lowest BCUT2D eigenvalue weighted by Crippen LogP contribution is -2.52. The van der Waals surface area contributed by atoms with Gasteiger partial charge in [0.1, 0.15) is 0 Å². The lowest BCUT2D eigenvalue weighted by Gasteiger charge is -2.44. The topological polar surface area (TPSA) is 43.8 Å². The van der Waals surface area contributed by atoms with E-state index in [2.05, 4.69) is 44.7 Å². The molecule has 0 aromatic rings. The lowest BCUT2D eigenvalue weighted by molar-refractivity contribution is -0.146. The minimum absolute atomic E-state index is 0.192. The van der Waals surface area contributed by atoms with Gasteiger partial charge in [-0.05, 0) is 52.7 Å². The number of aliphatic carboxylic acids is 1. The second-order valence-corrected chi connectivity index (χ2v) is 6.54. The number of carboxylic acids is 1. The highest BCUT2D eigenvalue weighted by Gasteiger charge is 2.38. The van der Waals surface area contributed by atoms with Crippen molar-refractivity contribution in [2.75, 3.05) is 27.2 Å². The van der Waals surface area contributed by atoms with Crippen LogP contribution in [-0.2, 0) is 4.79 Å².